The predicted octanol–water partition coefficient (Wildman–Crippen LogP) is 5.21. The minimum absolute atomic E-state index is 0.0530. The summed E-state index contributed by atoms with van der Waals surface area (Å²) in [7, 11) is 0. The molecule has 0 bridgehead atoms. The SMILES string of the molecule is Cc1ccc2cc(CN(C(=O)c3ccc([N+](=O)[O-])cc3)c3ccc(C)c(C)c3)c(=O)[nH]c2c1. The van der Waals surface area contributed by atoms with E-state index in [9.17, 15) is 19.7 Å². The number of nitrogens with one attached hydrogen (secondary N) is 1. The maximum absolute atomic E-state index is 13.5. The Morgan fingerprint density at radius 2 is 1.67 bits per heavy atom. The highest BCUT2D eigenvalue weighted by Gasteiger charge is 2.21. The van der Waals surface area contributed by atoms with E-state index in [-0.39, 0.29) is 23.7 Å². The van der Waals surface area contributed by atoms with Crippen molar-refractivity contribution in [3.05, 3.63) is 115 Å². The number of aromatic nitrogens is 1. The third kappa shape index (κ3) is 4.52. The number of amides is 1. The summed E-state index contributed by atoms with van der Waals surface area (Å²) in [6, 6.07) is 18.7. The number of fused-ring (bicyclic) bond motifs is 1. The maximum Gasteiger partial charge on any atom is 0.269 e. The Balaban J connectivity index is 1.78. The van der Waals surface area contributed by atoms with Gasteiger partial charge in [0.25, 0.3) is 17.2 Å². The zero-order valence-corrected chi connectivity index (χ0v) is 18.6. The molecule has 4 rings (SSSR count). The smallest absolute Gasteiger partial charge is 0.269 e. The molecule has 4 aromatic rings. The van der Waals surface area contributed by atoms with Crippen LogP contribution in [0, 0.1) is 30.9 Å². The number of nitro benzene ring substituents is 1. The van der Waals surface area contributed by atoms with E-state index in [4.69, 9.17) is 0 Å². The minimum atomic E-state index is -0.508. The summed E-state index contributed by atoms with van der Waals surface area (Å²) in [6.45, 7) is 5.95. The van der Waals surface area contributed by atoms with Crippen LogP contribution in [-0.4, -0.2) is 15.8 Å². The zero-order chi connectivity index (χ0) is 23.7. The monoisotopic (exact) mass is 441 g/mol. The first kappa shape index (κ1) is 22.0. The Kier molecular flexibility index (Phi) is 5.79. The van der Waals surface area contributed by atoms with Gasteiger partial charge in [-0.1, -0.05) is 18.2 Å². The first-order valence-electron chi connectivity index (χ1n) is 10.5. The Morgan fingerprint density at radius 1 is 0.939 bits per heavy atom. The lowest BCUT2D eigenvalue weighted by atomic mass is 10.1. The van der Waals surface area contributed by atoms with Gasteiger partial charge in [0.05, 0.1) is 11.5 Å². The van der Waals surface area contributed by atoms with Gasteiger partial charge in [-0.3, -0.25) is 19.7 Å². The van der Waals surface area contributed by atoms with Gasteiger partial charge >= 0.3 is 0 Å². The van der Waals surface area contributed by atoms with Crippen molar-refractivity contribution >= 4 is 28.2 Å². The molecule has 0 aliphatic rings. The molecule has 1 heterocycles. The van der Waals surface area contributed by atoms with E-state index < -0.39 is 4.92 Å². The average molecular weight is 441 g/mol. The second kappa shape index (κ2) is 8.70. The van der Waals surface area contributed by atoms with E-state index in [1.54, 1.807) is 6.07 Å². The van der Waals surface area contributed by atoms with Gasteiger partial charge in [0.1, 0.15) is 0 Å². The van der Waals surface area contributed by atoms with Crippen LogP contribution in [0.1, 0.15) is 32.6 Å². The molecule has 3 aromatic carbocycles. The van der Waals surface area contributed by atoms with Crippen molar-refractivity contribution in [1.82, 2.24) is 4.98 Å². The molecular weight excluding hydrogens is 418 g/mol. The van der Waals surface area contributed by atoms with Crippen molar-refractivity contribution in [2.45, 2.75) is 27.3 Å². The van der Waals surface area contributed by atoms with E-state index in [1.807, 2.05) is 57.2 Å². The number of hydrogen-bond acceptors (Lipinski definition) is 4. The largest absolute Gasteiger partial charge is 0.322 e. The molecule has 1 aromatic heterocycles. The number of nitrogens with zero attached hydrogens (tertiary/aromatic N) is 2. The molecule has 1 N–H and O–H groups in total. The average Bonchev–Trinajstić information content (AvgIpc) is 2.79. The highest BCUT2D eigenvalue weighted by molar-refractivity contribution is 6.06. The third-order valence-corrected chi connectivity index (χ3v) is 5.78. The van der Waals surface area contributed by atoms with Gasteiger partial charge < -0.3 is 9.88 Å². The quantitative estimate of drug-likeness (QED) is 0.340. The Labute approximate surface area is 190 Å². The van der Waals surface area contributed by atoms with Crippen LogP contribution in [-0.2, 0) is 6.54 Å². The molecule has 0 unspecified atom stereocenters. The fourth-order valence-corrected chi connectivity index (χ4v) is 3.70. The third-order valence-electron chi connectivity index (χ3n) is 5.78. The van der Waals surface area contributed by atoms with E-state index in [2.05, 4.69) is 4.98 Å². The number of H-pyrrole nitrogens is 1. The summed E-state index contributed by atoms with van der Waals surface area (Å²) < 4.78 is 0. The number of nitro groups is 1. The molecule has 0 saturated carbocycles. The van der Waals surface area contributed by atoms with Gasteiger partial charge in [-0.05, 0) is 79.2 Å². The molecule has 0 saturated heterocycles. The predicted molar refractivity (Wildman–Crippen MR) is 129 cm³/mol. The molecule has 166 valence electrons. The molecular formula is C26H23N3O4. The summed E-state index contributed by atoms with van der Waals surface area (Å²) >= 11 is 0. The molecule has 0 aliphatic heterocycles. The fraction of sp³-hybridized carbons (Fsp3) is 0.154. The maximum atomic E-state index is 13.5. The number of non-ortho nitro benzene ring substituents is 1. The lowest BCUT2D eigenvalue weighted by Gasteiger charge is -2.24. The molecule has 0 fully saturated rings. The summed E-state index contributed by atoms with van der Waals surface area (Å²) in [5.74, 6) is -0.350. The summed E-state index contributed by atoms with van der Waals surface area (Å²) in [6.07, 6.45) is 0. The zero-order valence-electron chi connectivity index (χ0n) is 18.6. The standard InChI is InChI=1S/C26H23N3O4/c1-16-4-6-20-14-21(25(30)27-24(20)12-16)15-28(23-9-5-17(2)18(3)13-23)26(31)19-7-10-22(11-8-19)29(32)33/h4-14H,15H2,1-3H3,(H,27,30). The van der Waals surface area contributed by atoms with Gasteiger partial charge in [0.2, 0.25) is 0 Å². The number of carbonyl (C=O) groups is 1. The topological polar surface area (TPSA) is 96.3 Å². The number of benzene rings is 3. The molecule has 0 spiro atoms. The van der Waals surface area contributed by atoms with Gasteiger partial charge in [-0.25, -0.2) is 0 Å². The van der Waals surface area contributed by atoms with Crippen LogP contribution in [0.2, 0.25) is 0 Å². The minimum Gasteiger partial charge on any atom is -0.322 e. The van der Waals surface area contributed by atoms with Crippen LogP contribution < -0.4 is 10.5 Å². The Hall–Kier alpha value is -4.26. The molecule has 33 heavy (non-hydrogen) atoms. The van der Waals surface area contributed by atoms with Crippen LogP contribution in [0.3, 0.4) is 0 Å². The lowest BCUT2D eigenvalue weighted by molar-refractivity contribution is -0.384. The van der Waals surface area contributed by atoms with Crippen LogP contribution >= 0.6 is 0 Å². The highest BCUT2D eigenvalue weighted by Crippen LogP contribution is 2.24. The van der Waals surface area contributed by atoms with Crippen LogP contribution in [0.5, 0.6) is 0 Å². The Bertz CT molecular complexity index is 1440. The van der Waals surface area contributed by atoms with Crippen LogP contribution in [0.15, 0.2) is 71.5 Å². The summed E-state index contributed by atoms with van der Waals surface area (Å²) in [4.78, 5) is 41.2. The van der Waals surface area contributed by atoms with Crippen molar-refractivity contribution in [3.8, 4) is 0 Å². The molecule has 7 heteroatoms. The van der Waals surface area contributed by atoms with Crippen molar-refractivity contribution in [3.63, 3.8) is 0 Å². The van der Waals surface area contributed by atoms with Crippen molar-refractivity contribution in [1.29, 1.82) is 0 Å². The van der Waals surface area contributed by atoms with Gasteiger partial charge in [0.15, 0.2) is 0 Å². The van der Waals surface area contributed by atoms with E-state index >= 15 is 0 Å². The first-order valence-corrected chi connectivity index (χ1v) is 10.5. The summed E-state index contributed by atoms with van der Waals surface area (Å²) in [5.41, 5.74) is 4.90. The number of carbonyl (C=O) groups excluding carboxylic acids is 1. The van der Waals surface area contributed by atoms with E-state index in [1.165, 1.54) is 29.2 Å². The number of pyridine rings is 1. The summed E-state index contributed by atoms with van der Waals surface area (Å²) in [5, 5.41) is 11.9. The number of hydrogen-bond donors (Lipinski definition) is 1. The first-order chi connectivity index (χ1) is 15.7. The number of aryl methyl sites for hydroxylation is 3. The number of anilines is 1. The molecule has 1 amide bonds. The van der Waals surface area contributed by atoms with Gasteiger partial charge in [0, 0.05) is 34.5 Å². The van der Waals surface area contributed by atoms with E-state index in [0.717, 1.165) is 27.6 Å². The molecule has 0 aliphatic carbocycles. The molecule has 7 nitrogen and oxygen atoms in total. The molecule has 0 radical (unpaired) electrons. The second-order valence-electron chi connectivity index (χ2n) is 8.18. The van der Waals surface area contributed by atoms with Crippen molar-refractivity contribution in [2.24, 2.45) is 0 Å². The molecule has 0 atom stereocenters. The van der Waals surface area contributed by atoms with Crippen molar-refractivity contribution < 1.29 is 9.72 Å². The Morgan fingerprint density at radius 3 is 2.33 bits per heavy atom. The van der Waals surface area contributed by atoms with Crippen LogP contribution in [0.25, 0.3) is 10.9 Å². The lowest BCUT2D eigenvalue weighted by Crippen LogP contribution is -2.33. The number of rotatable bonds is 5. The number of aromatic amines is 1. The van der Waals surface area contributed by atoms with E-state index in [0.29, 0.717) is 16.8 Å². The fourth-order valence-electron chi connectivity index (χ4n) is 3.70. The highest BCUT2D eigenvalue weighted by atomic mass is 16.6. The van der Waals surface area contributed by atoms with Crippen LogP contribution in [0.4, 0.5) is 11.4 Å². The van der Waals surface area contributed by atoms with Crippen molar-refractivity contribution in [2.75, 3.05) is 4.90 Å². The van der Waals surface area contributed by atoms with Gasteiger partial charge in [-0.15, -0.1) is 0 Å². The normalized spacial score (nSPS) is 10.9. The van der Waals surface area contributed by atoms with Gasteiger partial charge in [-0.2, -0.15) is 0 Å². The second-order valence-corrected chi connectivity index (χ2v) is 8.18.